The van der Waals surface area contributed by atoms with Gasteiger partial charge in [-0.3, -0.25) is 0 Å². The number of aliphatic hydroxyl groups is 1. The highest BCUT2D eigenvalue weighted by Crippen LogP contribution is 2.11. The number of aryl methyl sites for hydroxylation is 1. The van der Waals surface area contributed by atoms with Crippen LogP contribution in [0.1, 0.15) is 25.5 Å². The third-order valence-corrected chi connectivity index (χ3v) is 4.04. The molecule has 0 saturated carbocycles. The smallest absolute Gasteiger partial charge is 0.151 e. The van der Waals surface area contributed by atoms with Crippen LogP contribution >= 0.6 is 0 Å². The number of aromatic nitrogens is 1. The molecule has 0 aliphatic carbocycles. The molecule has 0 aliphatic rings. The second-order valence-corrected chi connectivity index (χ2v) is 6.07. The molecule has 5 heteroatoms. The molecule has 0 aliphatic heterocycles. The zero-order valence-electron chi connectivity index (χ0n) is 9.05. The Hall–Kier alpha value is -0.810. The van der Waals surface area contributed by atoms with Crippen molar-refractivity contribution in [2.45, 2.75) is 26.5 Å². The van der Waals surface area contributed by atoms with Gasteiger partial charge in [0.15, 0.2) is 9.84 Å². The Morgan fingerprint density at radius 1 is 1.53 bits per heavy atom. The SMILES string of the molecule is CCS(=O)(=O)CCn1ccc(C(C)O)c1. The number of hydrogen-bond donors (Lipinski definition) is 1. The Balaban J connectivity index is 2.59. The molecule has 1 N–H and O–H groups in total. The van der Waals surface area contributed by atoms with Gasteiger partial charge in [-0.1, -0.05) is 6.92 Å². The van der Waals surface area contributed by atoms with Crippen LogP contribution in [0.15, 0.2) is 18.5 Å². The summed E-state index contributed by atoms with van der Waals surface area (Å²) >= 11 is 0. The monoisotopic (exact) mass is 231 g/mol. The molecule has 0 spiro atoms. The molecule has 15 heavy (non-hydrogen) atoms. The van der Waals surface area contributed by atoms with E-state index in [9.17, 15) is 13.5 Å². The highest BCUT2D eigenvalue weighted by Gasteiger charge is 2.08. The molecule has 1 unspecified atom stereocenters. The average molecular weight is 231 g/mol. The molecule has 1 atom stereocenters. The van der Waals surface area contributed by atoms with Crippen LogP contribution in [0, 0.1) is 0 Å². The minimum atomic E-state index is -2.91. The van der Waals surface area contributed by atoms with Gasteiger partial charge in [0, 0.05) is 24.7 Å². The summed E-state index contributed by atoms with van der Waals surface area (Å²) in [4.78, 5) is 0. The van der Waals surface area contributed by atoms with Gasteiger partial charge in [0.1, 0.15) is 0 Å². The first-order valence-electron chi connectivity index (χ1n) is 4.99. The average Bonchev–Trinajstić information content (AvgIpc) is 2.63. The highest BCUT2D eigenvalue weighted by molar-refractivity contribution is 7.91. The molecule has 0 fully saturated rings. The summed E-state index contributed by atoms with van der Waals surface area (Å²) in [5, 5.41) is 9.28. The minimum Gasteiger partial charge on any atom is -0.389 e. The van der Waals surface area contributed by atoms with Crippen LogP contribution in [0.25, 0.3) is 0 Å². The fraction of sp³-hybridized carbons (Fsp3) is 0.600. The molecule has 4 nitrogen and oxygen atoms in total. The molecule has 0 bridgehead atoms. The van der Waals surface area contributed by atoms with Crippen LogP contribution in [-0.4, -0.2) is 29.6 Å². The normalized spacial score (nSPS) is 14.1. The lowest BCUT2D eigenvalue weighted by Crippen LogP contribution is -2.13. The summed E-state index contributed by atoms with van der Waals surface area (Å²) in [7, 11) is -2.91. The van der Waals surface area contributed by atoms with Gasteiger partial charge in [0.05, 0.1) is 11.9 Å². The van der Waals surface area contributed by atoms with Crippen molar-refractivity contribution in [1.29, 1.82) is 0 Å². The van der Waals surface area contributed by atoms with E-state index in [1.165, 1.54) is 0 Å². The zero-order chi connectivity index (χ0) is 11.5. The first-order valence-corrected chi connectivity index (χ1v) is 6.81. The summed E-state index contributed by atoms with van der Waals surface area (Å²) in [5.41, 5.74) is 0.809. The molecule has 0 amide bonds. The van der Waals surface area contributed by atoms with Crippen LogP contribution in [-0.2, 0) is 16.4 Å². The van der Waals surface area contributed by atoms with Gasteiger partial charge in [-0.15, -0.1) is 0 Å². The van der Waals surface area contributed by atoms with Gasteiger partial charge in [-0.2, -0.15) is 0 Å². The first-order chi connectivity index (χ1) is 6.94. The molecule has 86 valence electrons. The maximum absolute atomic E-state index is 11.3. The summed E-state index contributed by atoms with van der Waals surface area (Å²) < 4.78 is 24.3. The van der Waals surface area contributed by atoms with Crippen LogP contribution in [0.4, 0.5) is 0 Å². The molecule has 1 aromatic heterocycles. The van der Waals surface area contributed by atoms with Crippen molar-refractivity contribution in [1.82, 2.24) is 4.57 Å². The molecule has 0 radical (unpaired) electrons. The highest BCUT2D eigenvalue weighted by atomic mass is 32.2. The zero-order valence-corrected chi connectivity index (χ0v) is 9.87. The van der Waals surface area contributed by atoms with Crippen molar-refractivity contribution in [2.75, 3.05) is 11.5 Å². The Labute approximate surface area is 90.5 Å². The molecule has 1 aromatic rings. The Morgan fingerprint density at radius 2 is 2.20 bits per heavy atom. The molecule has 0 saturated heterocycles. The van der Waals surface area contributed by atoms with E-state index in [-0.39, 0.29) is 11.5 Å². The maximum atomic E-state index is 11.3. The van der Waals surface area contributed by atoms with Crippen molar-refractivity contribution in [2.24, 2.45) is 0 Å². The van der Waals surface area contributed by atoms with Gasteiger partial charge < -0.3 is 9.67 Å². The van der Waals surface area contributed by atoms with Crippen LogP contribution in [0.3, 0.4) is 0 Å². The van der Waals surface area contributed by atoms with E-state index < -0.39 is 15.9 Å². The largest absolute Gasteiger partial charge is 0.389 e. The molecule has 1 rings (SSSR count). The lowest BCUT2D eigenvalue weighted by atomic mass is 10.2. The van der Waals surface area contributed by atoms with Crippen molar-refractivity contribution in [3.63, 3.8) is 0 Å². The van der Waals surface area contributed by atoms with E-state index >= 15 is 0 Å². The maximum Gasteiger partial charge on any atom is 0.151 e. The number of aliphatic hydroxyl groups excluding tert-OH is 1. The van der Waals surface area contributed by atoms with E-state index in [0.717, 1.165) is 5.56 Å². The van der Waals surface area contributed by atoms with Crippen molar-refractivity contribution in [3.05, 3.63) is 24.0 Å². The lowest BCUT2D eigenvalue weighted by molar-refractivity contribution is 0.199. The summed E-state index contributed by atoms with van der Waals surface area (Å²) in [5.74, 6) is 0.328. The first kappa shape index (κ1) is 12.3. The van der Waals surface area contributed by atoms with E-state index in [1.54, 1.807) is 36.9 Å². The third kappa shape index (κ3) is 3.68. The third-order valence-electron chi connectivity index (χ3n) is 2.36. The molecular formula is C10H17NO3S. The van der Waals surface area contributed by atoms with E-state index in [0.29, 0.717) is 6.54 Å². The standard InChI is InChI=1S/C10H17NO3S/c1-3-15(13,14)7-6-11-5-4-10(8-11)9(2)12/h4-5,8-9,12H,3,6-7H2,1-2H3. The van der Waals surface area contributed by atoms with E-state index in [4.69, 9.17) is 0 Å². The number of rotatable bonds is 5. The quantitative estimate of drug-likeness (QED) is 0.821. The van der Waals surface area contributed by atoms with Gasteiger partial charge >= 0.3 is 0 Å². The topological polar surface area (TPSA) is 59.3 Å². The predicted molar refractivity (Wildman–Crippen MR) is 59.4 cm³/mol. The number of sulfone groups is 1. The predicted octanol–water partition coefficient (Wildman–Crippen LogP) is 0.976. The van der Waals surface area contributed by atoms with Crippen LogP contribution in [0.5, 0.6) is 0 Å². The summed E-state index contributed by atoms with van der Waals surface area (Å²) in [6.07, 6.45) is 3.05. The van der Waals surface area contributed by atoms with Crippen molar-refractivity contribution < 1.29 is 13.5 Å². The van der Waals surface area contributed by atoms with Crippen molar-refractivity contribution in [3.8, 4) is 0 Å². The van der Waals surface area contributed by atoms with Crippen LogP contribution in [0.2, 0.25) is 0 Å². The van der Waals surface area contributed by atoms with Crippen LogP contribution < -0.4 is 0 Å². The Morgan fingerprint density at radius 3 is 2.67 bits per heavy atom. The van der Waals surface area contributed by atoms with Gasteiger partial charge in [-0.25, -0.2) is 8.42 Å². The van der Waals surface area contributed by atoms with Gasteiger partial charge in [0.2, 0.25) is 0 Å². The second kappa shape index (κ2) is 4.81. The molecular weight excluding hydrogens is 214 g/mol. The Bertz CT molecular complexity index is 406. The molecule has 1 heterocycles. The van der Waals surface area contributed by atoms with Gasteiger partial charge in [-0.05, 0) is 18.6 Å². The number of nitrogens with zero attached hydrogens (tertiary/aromatic N) is 1. The van der Waals surface area contributed by atoms with Gasteiger partial charge in [0.25, 0.3) is 0 Å². The minimum absolute atomic E-state index is 0.150. The van der Waals surface area contributed by atoms with E-state index in [1.807, 2.05) is 0 Å². The number of hydrogen-bond acceptors (Lipinski definition) is 3. The lowest BCUT2D eigenvalue weighted by Gasteiger charge is -2.03. The second-order valence-electron chi connectivity index (χ2n) is 3.60. The fourth-order valence-electron chi connectivity index (χ4n) is 1.23. The summed E-state index contributed by atoms with van der Waals surface area (Å²) in [6, 6.07) is 1.79. The summed E-state index contributed by atoms with van der Waals surface area (Å²) in [6.45, 7) is 3.78. The van der Waals surface area contributed by atoms with E-state index in [2.05, 4.69) is 0 Å². The fourth-order valence-corrected chi connectivity index (χ4v) is 2.01. The molecule has 0 aromatic carbocycles. The Kier molecular flexibility index (Phi) is 3.93. The van der Waals surface area contributed by atoms with Crippen molar-refractivity contribution >= 4 is 9.84 Å².